The molecule has 0 aromatic heterocycles. The Morgan fingerprint density at radius 3 is 2.26 bits per heavy atom. The maximum atomic E-state index is 13.5. The summed E-state index contributed by atoms with van der Waals surface area (Å²) in [6.45, 7) is 2.69. The van der Waals surface area contributed by atoms with E-state index in [4.69, 9.17) is 15.2 Å². The normalized spacial score (nSPS) is 15.7. The number of amides is 1. The highest BCUT2D eigenvalue weighted by molar-refractivity contribution is 7.93. The molecule has 1 aliphatic heterocycles. The van der Waals surface area contributed by atoms with Crippen LogP contribution in [0.5, 0.6) is 5.75 Å². The van der Waals surface area contributed by atoms with E-state index in [2.05, 4.69) is 41.3 Å². The number of rotatable bonds is 12. The Labute approximate surface area is 225 Å². The molecule has 3 aromatic carbocycles. The molecule has 0 atom stereocenters. The summed E-state index contributed by atoms with van der Waals surface area (Å²) < 4.78 is 36.5. The van der Waals surface area contributed by atoms with E-state index in [9.17, 15) is 13.2 Å². The van der Waals surface area contributed by atoms with Gasteiger partial charge in [-0.3, -0.25) is 4.79 Å². The van der Waals surface area contributed by atoms with Crippen LogP contribution in [0.15, 0.2) is 83.8 Å². The zero-order chi connectivity index (χ0) is 27.0. The van der Waals surface area contributed by atoms with Gasteiger partial charge in [-0.15, -0.1) is 0 Å². The number of piperidine rings is 1. The fraction of sp³-hybridized carbons (Fsp3) is 0.367. The van der Waals surface area contributed by atoms with Crippen molar-refractivity contribution in [1.82, 2.24) is 4.90 Å². The predicted octanol–water partition coefficient (Wildman–Crippen LogP) is 4.11. The number of carbonyl (C=O) groups excluding carboxylic acids is 1. The summed E-state index contributed by atoms with van der Waals surface area (Å²) in [4.78, 5) is 14.6. The van der Waals surface area contributed by atoms with Gasteiger partial charge in [0.05, 0.1) is 18.1 Å². The molecule has 0 aliphatic carbocycles. The number of sulfone groups is 1. The minimum absolute atomic E-state index is 0.0896. The Bertz CT molecular complexity index is 1300. The number of primary amides is 1. The summed E-state index contributed by atoms with van der Waals surface area (Å²) >= 11 is 0. The summed E-state index contributed by atoms with van der Waals surface area (Å²) in [5.74, 6) is -0.204. The van der Waals surface area contributed by atoms with Gasteiger partial charge in [0.15, 0.2) is 14.6 Å². The molecule has 1 saturated heterocycles. The lowest BCUT2D eigenvalue weighted by Crippen LogP contribution is -2.57. The molecule has 3 aromatic rings. The third-order valence-electron chi connectivity index (χ3n) is 7.29. The Morgan fingerprint density at radius 1 is 0.921 bits per heavy atom. The van der Waals surface area contributed by atoms with Crippen LogP contribution in [0.25, 0.3) is 11.1 Å². The molecule has 7 nitrogen and oxygen atoms in total. The summed E-state index contributed by atoms with van der Waals surface area (Å²) in [5, 5.41) is 0. The average Bonchev–Trinajstić information content (AvgIpc) is 2.95. The number of likely N-dealkylation sites (tertiary alicyclic amines) is 1. The van der Waals surface area contributed by atoms with Gasteiger partial charge in [0.2, 0.25) is 5.91 Å². The summed E-state index contributed by atoms with van der Waals surface area (Å²) in [6.07, 6.45) is 2.02. The molecule has 38 heavy (non-hydrogen) atoms. The molecular formula is C30H36N2O5S. The highest BCUT2D eigenvalue weighted by Gasteiger charge is 2.51. The third kappa shape index (κ3) is 6.26. The molecule has 202 valence electrons. The van der Waals surface area contributed by atoms with Crippen LogP contribution in [0.4, 0.5) is 0 Å². The molecule has 0 radical (unpaired) electrons. The number of methoxy groups -OCH3 is 1. The molecule has 1 amide bonds. The van der Waals surface area contributed by atoms with Crippen molar-refractivity contribution in [3.05, 3.63) is 84.4 Å². The van der Waals surface area contributed by atoms with Crippen molar-refractivity contribution < 1.29 is 22.7 Å². The Hall–Kier alpha value is -3.20. The highest BCUT2D eigenvalue weighted by atomic mass is 32.2. The first-order chi connectivity index (χ1) is 18.4. The Morgan fingerprint density at radius 2 is 1.61 bits per heavy atom. The SMILES string of the molecule is COCCN1CCC(C(N)=O)(S(=O)(=O)c2ccc(OCCCc3cccc(-c4ccccc4)c3)cc2)CC1. The Balaban J connectivity index is 1.33. The lowest BCUT2D eigenvalue weighted by atomic mass is 9.95. The molecule has 2 N–H and O–H groups in total. The minimum atomic E-state index is -3.96. The van der Waals surface area contributed by atoms with Crippen molar-refractivity contribution in [2.24, 2.45) is 5.73 Å². The third-order valence-corrected chi connectivity index (χ3v) is 9.82. The van der Waals surface area contributed by atoms with Crippen LogP contribution in [0, 0.1) is 0 Å². The van der Waals surface area contributed by atoms with E-state index in [1.807, 2.05) is 18.2 Å². The Kier molecular flexibility index (Phi) is 9.20. The van der Waals surface area contributed by atoms with Crippen LogP contribution in [0.2, 0.25) is 0 Å². The van der Waals surface area contributed by atoms with Gasteiger partial charge in [-0.2, -0.15) is 0 Å². The zero-order valence-corrected chi connectivity index (χ0v) is 22.7. The lowest BCUT2D eigenvalue weighted by Gasteiger charge is -2.38. The number of nitrogens with two attached hydrogens (primary N) is 1. The summed E-state index contributed by atoms with van der Waals surface area (Å²) in [5.41, 5.74) is 9.30. The first-order valence-corrected chi connectivity index (χ1v) is 14.5. The standard InChI is InChI=1S/C30H36N2O5S/c1-36-22-20-32-18-16-30(17-19-32,29(31)33)38(34,35)28-14-12-27(13-15-28)37-21-6-8-24-7-5-11-26(23-24)25-9-3-2-4-10-25/h2-5,7,9-15,23H,6,8,16-22H2,1H3,(H2,31,33). The summed E-state index contributed by atoms with van der Waals surface area (Å²) in [6, 6.07) is 25.1. The van der Waals surface area contributed by atoms with E-state index in [1.54, 1.807) is 19.2 Å². The molecule has 4 rings (SSSR count). The maximum absolute atomic E-state index is 13.5. The quantitative estimate of drug-likeness (QED) is 0.350. The van der Waals surface area contributed by atoms with Gasteiger partial charge in [0.1, 0.15) is 5.75 Å². The van der Waals surface area contributed by atoms with Crippen LogP contribution in [-0.2, 0) is 25.8 Å². The smallest absolute Gasteiger partial charge is 0.239 e. The largest absolute Gasteiger partial charge is 0.494 e. The fourth-order valence-corrected chi connectivity index (χ4v) is 6.88. The number of ether oxygens (including phenoxy) is 2. The van der Waals surface area contributed by atoms with Crippen LogP contribution in [-0.4, -0.2) is 63.9 Å². The van der Waals surface area contributed by atoms with Gasteiger partial charge < -0.3 is 20.1 Å². The topological polar surface area (TPSA) is 98.9 Å². The predicted molar refractivity (Wildman–Crippen MR) is 149 cm³/mol. The number of carbonyl (C=O) groups is 1. The van der Waals surface area contributed by atoms with E-state index < -0.39 is 20.5 Å². The fourth-order valence-electron chi connectivity index (χ4n) is 4.95. The van der Waals surface area contributed by atoms with E-state index >= 15 is 0 Å². The molecule has 0 unspecified atom stereocenters. The van der Waals surface area contributed by atoms with Crippen molar-refractivity contribution in [1.29, 1.82) is 0 Å². The van der Waals surface area contributed by atoms with Crippen LogP contribution >= 0.6 is 0 Å². The minimum Gasteiger partial charge on any atom is -0.494 e. The van der Waals surface area contributed by atoms with E-state index in [1.165, 1.54) is 28.8 Å². The van der Waals surface area contributed by atoms with Gasteiger partial charge in [0.25, 0.3) is 0 Å². The van der Waals surface area contributed by atoms with E-state index in [-0.39, 0.29) is 17.7 Å². The van der Waals surface area contributed by atoms with Gasteiger partial charge >= 0.3 is 0 Å². The molecule has 1 aliphatic rings. The van der Waals surface area contributed by atoms with Gasteiger partial charge in [-0.25, -0.2) is 8.42 Å². The van der Waals surface area contributed by atoms with Crippen molar-refractivity contribution in [2.75, 3.05) is 40.0 Å². The number of aryl methyl sites for hydroxylation is 1. The highest BCUT2D eigenvalue weighted by Crippen LogP contribution is 2.36. The van der Waals surface area contributed by atoms with Crippen LogP contribution in [0.3, 0.4) is 0 Å². The molecule has 8 heteroatoms. The maximum Gasteiger partial charge on any atom is 0.239 e. The lowest BCUT2D eigenvalue weighted by molar-refractivity contribution is -0.121. The first kappa shape index (κ1) is 27.8. The van der Waals surface area contributed by atoms with Gasteiger partial charge in [-0.1, -0.05) is 54.6 Å². The second-order valence-corrected chi connectivity index (χ2v) is 11.9. The molecule has 1 heterocycles. The molecular weight excluding hydrogens is 500 g/mol. The average molecular weight is 537 g/mol. The number of benzene rings is 3. The number of hydrogen-bond donors (Lipinski definition) is 1. The van der Waals surface area contributed by atoms with E-state index in [0.29, 0.717) is 38.6 Å². The molecule has 0 saturated carbocycles. The van der Waals surface area contributed by atoms with Crippen LogP contribution < -0.4 is 10.5 Å². The van der Waals surface area contributed by atoms with Gasteiger partial charge in [0, 0.05) is 26.7 Å². The first-order valence-electron chi connectivity index (χ1n) is 13.0. The van der Waals surface area contributed by atoms with Crippen molar-refractivity contribution in [3.63, 3.8) is 0 Å². The molecule has 0 spiro atoms. The van der Waals surface area contributed by atoms with Crippen molar-refractivity contribution in [2.45, 2.75) is 35.3 Å². The van der Waals surface area contributed by atoms with Crippen LogP contribution in [0.1, 0.15) is 24.8 Å². The monoisotopic (exact) mass is 536 g/mol. The molecule has 0 bridgehead atoms. The second kappa shape index (κ2) is 12.6. The van der Waals surface area contributed by atoms with Gasteiger partial charge in [-0.05, 0) is 66.6 Å². The van der Waals surface area contributed by atoms with Crippen molar-refractivity contribution >= 4 is 15.7 Å². The number of hydrogen-bond acceptors (Lipinski definition) is 6. The molecule has 1 fully saturated rings. The van der Waals surface area contributed by atoms with E-state index in [0.717, 1.165) is 12.8 Å². The zero-order valence-electron chi connectivity index (χ0n) is 21.8. The summed E-state index contributed by atoms with van der Waals surface area (Å²) in [7, 11) is -2.33. The second-order valence-electron chi connectivity index (χ2n) is 9.69. The number of nitrogens with zero attached hydrogens (tertiary/aromatic N) is 1. The van der Waals surface area contributed by atoms with Crippen molar-refractivity contribution in [3.8, 4) is 16.9 Å².